The number of carbonyl (C=O) groups excluding carboxylic acids is 3. The van der Waals surface area contributed by atoms with Gasteiger partial charge >= 0.3 is 13.7 Å². The van der Waals surface area contributed by atoms with E-state index in [1.54, 1.807) is 57.0 Å². The number of aliphatic hydroxyl groups is 1. The average molecular weight is 722 g/mol. The fraction of sp³-hybridized carbons (Fsp3) is 0.583. The Hall–Kier alpha value is -2.95. The zero-order valence-corrected chi connectivity index (χ0v) is 30.8. The van der Waals surface area contributed by atoms with Crippen LogP contribution < -0.4 is 10.6 Å². The lowest BCUT2D eigenvalue weighted by Crippen LogP contribution is -2.54. The second-order valence-electron chi connectivity index (χ2n) is 12.7. The molecule has 4 atom stereocenters. The van der Waals surface area contributed by atoms with Gasteiger partial charge in [-0.15, -0.1) is 0 Å². The summed E-state index contributed by atoms with van der Waals surface area (Å²) in [4.78, 5) is 42.1. The molecule has 13 heteroatoms. The maximum absolute atomic E-state index is 14.0. The van der Waals surface area contributed by atoms with E-state index in [1.165, 1.54) is 0 Å². The van der Waals surface area contributed by atoms with E-state index in [0.29, 0.717) is 30.0 Å². The lowest BCUT2D eigenvalue weighted by atomic mass is 9.84. The van der Waals surface area contributed by atoms with Crippen LogP contribution in [0.15, 0.2) is 54.6 Å². The van der Waals surface area contributed by atoms with Crippen LogP contribution in [0, 0.1) is 11.8 Å². The van der Waals surface area contributed by atoms with Gasteiger partial charge in [-0.05, 0) is 62.3 Å². The van der Waals surface area contributed by atoms with Crippen molar-refractivity contribution in [3.05, 3.63) is 70.7 Å². The van der Waals surface area contributed by atoms with Gasteiger partial charge in [0.2, 0.25) is 11.8 Å². The number of amides is 3. The topological polar surface area (TPSA) is 144 Å². The Labute approximate surface area is 295 Å². The fourth-order valence-corrected chi connectivity index (χ4v) is 8.12. The number of nitrogens with one attached hydrogen (secondary N) is 2. The molecule has 1 aliphatic carbocycles. The van der Waals surface area contributed by atoms with Crippen LogP contribution in [0.2, 0.25) is 5.02 Å². The van der Waals surface area contributed by atoms with Gasteiger partial charge in [-0.2, -0.15) is 0 Å². The summed E-state index contributed by atoms with van der Waals surface area (Å²) in [6, 6.07) is 14.5. The normalized spacial score (nSPS) is 16.2. The largest absolute Gasteiger partial charge is 0.445 e. The van der Waals surface area contributed by atoms with Crippen molar-refractivity contribution in [3.8, 4) is 0 Å². The van der Waals surface area contributed by atoms with Gasteiger partial charge in [0, 0.05) is 24.5 Å². The van der Waals surface area contributed by atoms with Crippen LogP contribution >= 0.6 is 19.2 Å². The van der Waals surface area contributed by atoms with E-state index in [-0.39, 0.29) is 38.1 Å². The Morgan fingerprint density at radius 3 is 2.27 bits per heavy atom. The maximum Gasteiger partial charge on any atom is 0.408 e. The number of rotatable bonds is 19. The van der Waals surface area contributed by atoms with Crippen molar-refractivity contribution >= 4 is 37.1 Å². The first-order valence-corrected chi connectivity index (χ1v) is 19.3. The number of ether oxygens (including phenoxy) is 1. The quantitative estimate of drug-likeness (QED) is 0.136. The highest BCUT2D eigenvalue weighted by molar-refractivity contribution is 7.54. The molecule has 2 unspecified atom stereocenters. The molecule has 0 spiro atoms. The number of alkyl carbamates (subject to hydrolysis) is 1. The van der Waals surface area contributed by atoms with E-state index < -0.39 is 43.4 Å². The van der Waals surface area contributed by atoms with Crippen molar-refractivity contribution < 1.29 is 37.8 Å². The molecule has 3 N–H and O–H groups in total. The molecular weight excluding hydrogens is 669 g/mol. The van der Waals surface area contributed by atoms with Gasteiger partial charge in [0.1, 0.15) is 12.6 Å². The minimum Gasteiger partial charge on any atom is -0.445 e. The first-order chi connectivity index (χ1) is 23.4. The zero-order chi connectivity index (χ0) is 35.8. The number of hydrogen-bond acceptors (Lipinski definition) is 8. The van der Waals surface area contributed by atoms with Crippen molar-refractivity contribution in [1.29, 1.82) is 0 Å². The number of carbonyl (C=O) groups is 3. The number of halogens is 1. The van der Waals surface area contributed by atoms with Crippen LogP contribution in [0.3, 0.4) is 0 Å². The third kappa shape index (κ3) is 13.4. The van der Waals surface area contributed by atoms with Gasteiger partial charge in [0.25, 0.3) is 0 Å². The third-order valence-corrected chi connectivity index (χ3v) is 11.3. The molecule has 1 aliphatic rings. The van der Waals surface area contributed by atoms with E-state index >= 15 is 0 Å². The molecule has 0 heterocycles. The molecule has 3 amide bonds. The maximum atomic E-state index is 14.0. The number of benzene rings is 2. The van der Waals surface area contributed by atoms with Crippen molar-refractivity contribution in [2.45, 2.75) is 96.7 Å². The van der Waals surface area contributed by atoms with Crippen molar-refractivity contribution in [2.24, 2.45) is 11.8 Å². The van der Waals surface area contributed by atoms with Gasteiger partial charge in [-0.25, -0.2) is 4.79 Å². The highest BCUT2D eigenvalue weighted by Crippen LogP contribution is 2.53. The zero-order valence-electron chi connectivity index (χ0n) is 29.1. The van der Waals surface area contributed by atoms with Gasteiger partial charge in [0.05, 0.1) is 19.3 Å². The Balaban J connectivity index is 1.79. The summed E-state index contributed by atoms with van der Waals surface area (Å²) < 4.78 is 30.1. The Bertz CT molecular complexity index is 1370. The second kappa shape index (κ2) is 20.7. The van der Waals surface area contributed by atoms with Crippen LogP contribution in [0.25, 0.3) is 0 Å². The molecule has 49 heavy (non-hydrogen) atoms. The number of likely N-dealkylation sites (N-methyl/N-ethyl adjacent to an activating group) is 1. The Morgan fingerprint density at radius 1 is 0.980 bits per heavy atom. The molecule has 0 aliphatic heterocycles. The molecule has 1 saturated carbocycles. The van der Waals surface area contributed by atoms with Gasteiger partial charge in [0.15, 0.2) is 5.85 Å². The third-order valence-electron chi connectivity index (χ3n) is 8.77. The molecule has 1 fully saturated rings. The molecule has 0 bridgehead atoms. The standard InChI is InChI=1S/C36H53ClN3O8P/c1-5-47-49(45,48-6-2)35(43)32(22-26(3)34(42)40(4)21-20-27-14-9-7-10-15-27)38-33(41)31(24-28-16-11-8-12-17-28)39-36(44)46-25-29-18-13-19-30(37)23-29/h7,9-10,13-15,18-19,23,26,28,31-32,35,43H,5-6,8,11-12,16-17,20-22,24-25H2,1-4H3,(H,38,41)(H,39,44)/t26?,31-,32-,35?/m0/s1. The predicted molar refractivity (Wildman–Crippen MR) is 190 cm³/mol. The predicted octanol–water partition coefficient (Wildman–Crippen LogP) is 6.70. The minimum atomic E-state index is -4.13. The van der Waals surface area contributed by atoms with E-state index in [9.17, 15) is 24.1 Å². The number of hydrogen-bond donors (Lipinski definition) is 3. The van der Waals surface area contributed by atoms with E-state index in [4.69, 9.17) is 25.4 Å². The number of nitrogens with zero attached hydrogens (tertiary/aromatic N) is 1. The summed E-state index contributed by atoms with van der Waals surface area (Å²) in [5.74, 6) is -3.05. The summed E-state index contributed by atoms with van der Waals surface area (Å²) in [6.45, 7) is 5.36. The summed E-state index contributed by atoms with van der Waals surface area (Å²) in [5.41, 5.74) is 1.78. The van der Waals surface area contributed by atoms with Crippen LogP contribution in [-0.2, 0) is 41.0 Å². The monoisotopic (exact) mass is 721 g/mol. The Morgan fingerprint density at radius 2 is 1.63 bits per heavy atom. The second-order valence-corrected chi connectivity index (χ2v) is 15.2. The smallest absolute Gasteiger partial charge is 0.408 e. The van der Waals surface area contributed by atoms with Gasteiger partial charge in [-0.3, -0.25) is 14.2 Å². The van der Waals surface area contributed by atoms with E-state index in [2.05, 4.69) is 10.6 Å². The fourth-order valence-electron chi connectivity index (χ4n) is 6.17. The summed E-state index contributed by atoms with van der Waals surface area (Å²) in [5, 5.41) is 17.5. The lowest BCUT2D eigenvalue weighted by molar-refractivity contribution is -0.134. The first kappa shape index (κ1) is 40.5. The highest BCUT2D eigenvalue weighted by Gasteiger charge is 2.43. The van der Waals surface area contributed by atoms with Crippen molar-refractivity contribution in [2.75, 3.05) is 26.8 Å². The van der Waals surface area contributed by atoms with Crippen LogP contribution in [-0.4, -0.2) is 72.6 Å². The molecule has 3 rings (SSSR count). The summed E-state index contributed by atoms with van der Waals surface area (Å²) in [7, 11) is -2.43. The minimum absolute atomic E-state index is 0.00393. The Kier molecular flexibility index (Phi) is 17.1. The molecular formula is C36H53ClN3O8P. The molecule has 272 valence electrons. The van der Waals surface area contributed by atoms with Crippen molar-refractivity contribution in [3.63, 3.8) is 0 Å². The summed E-state index contributed by atoms with van der Waals surface area (Å²) in [6.07, 6.45) is 5.18. The molecule has 11 nitrogen and oxygen atoms in total. The van der Waals surface area contributed by atoms with Crippen LogP contribution in [0.5, 0.6) is 0 Å². The van der Waals surface area contributed by atoms with E-state index in [1.807, 2.05) is 30.3 Å². The summed E-state index contributed by atoms with van der Waals surface area (Å²) >= 11 is 6.06. The molecule has 2 aromatic rings. The molecule has 0 saturated heterocycles. The SMILES string of the molecule is CCOP(=O)(OCC)C(O)[C@H](CC(C)C(=O)N(C)CCc1ccccc1)NC(=O)[C@H](CC1CCCCC1)NC(=O)OCc1cccc(Cl)c1. The first-order valence-electron chi connectivity index (χ1n) is 17.3. The number of aliphatic hydroxyl groups excluding tert-OH is 1. The van der Waals surface area contributed by atoms with Gasteiger partial charge in [-0.1, -0.05) is 93.1 Å². The van der Waals surface area contributed by atoms with Gasteiger partial charge < -0.3 is 34.4 Å². The highest BCUT2D eigenvalue weighted by atomic mass is 35.5. The molecule has 0 aromatic heterocycles. The van der Waals surface area contributed by atoms with Crippen LogP contribution in [0.4, 0.5) is 4.79 Å². The van der Waals surface area contributed by atoms with Crippen LogP contribution in [0.1, 0.15) is 76.8 Å². The van der Waals surface area contributed by atoms with Crippen molar-refractivity contribution in [1.82, 2.24) is 15.5 Å². The lowest BCUT2D eigenvalue weighted by Gasteiger charge is -2.33. The average Bonchev–Trinajstić information content (AvgIpc) is 3.09. The molecule has 2 aromatic carbocycles. The van der Waals surface area contributed by atoms with E-state index in [0.717, 1.165) is 37.7 Å². The molecule has 0 radical (unpaired) electrons.